The summed E-state index contributed by atoms with van der Waals surface area (Å²) in [5, 5.41) is 4.03. The number of nitrogens with one attached hydrogen (secondary N) is 1. The van der Waals surface area contributed by atoms with Crippen molar-refractivity contribution in [3.05, 3.63) is 62.6 Å². The third kappa shape index (κ3) is 3.17. The van der Waals surface area contributed by atoms with Crippen molar-refractivity contribution >= 4 is 27.5 Å². The molecular formula is C16H17BrClNO. The summed E-state index contributed by atoms with van der Waals surface area (Å²) in [4.78, 5) is 0. The third-order valence-corrected chi connectivity index (χ3v) is 4.21. The molecule has 1 unspecified atom stereocenters. The van der Waals surface area contributed by atoms with Crippen molar-refractivity contribution in [2.45, 2.75) is 13.0 Å². The first-order valence-electron chi connectivity index (χ1n) is 6.33. The van der Waals surface area contributed by atoms with Crippen LogP contribution >= 0.6 is 27.5 Å². The van der Waals surface area contributed by atoms with Gasteiger partial charge in [-0.1, -0.05) is 45.2 Å². The lowest BCUT2D eigenvalue weighted by molar-refractivity contribution is 0.405. The topological polar surface area (TPSA) is 21.3 Å². The minimum Gasteiger partial charge on any atom is -0.496 e. The molecule has 20 heavy (non-hydrogen) atoms. The van der Waals surface area contributed by atoms with Gasteiger partial charge in [-0.3, -0.25) is 0 Å². The number of hydrogen-bond donors (Lipinski definition) is 1. The Morgan fingerprint density at radius 3 is 2.55 bits per heavy atom. The number of methoxy groups -OCH3 is 1. The average Bonchev–Trinajstić information content (AvgIpc) is 2.44. The predicted octanol–water partition coefficient (Wildman–Crippen LogP) is 4.73. The minimum atomic E-state index is 0.0120. The van der Waals surface area contributed by atoms with E-state index in [1.165, 1.54) is 5.56 Å². The van der Waals surface area contributed by atoms with Crippen LogP contribution in [0.4, 0.5) is 0 Å². The maximum Gasteiger partial charge on any atom is 0.124 e. The summed E-state index contributed by atoms with van der Waals surface area (Å²) in [5.41, 5.74) is 3.39. The Morgan fingerprint density at radius 1 is 1.15 bits per heavy atom. The van der Waals surface area contributed by atoms with E-state index in [0.29, 0.717) is 5.02 Å². The molecule has 0 fully saturated rings. The molecule has 1 atom stereocenters. The molecule has 4 heteroatoms. The summed E-state index contributed by atoms with van der Waals surface area (Å²) >= 11 is 9.76. The first-order chi connectivity index (χ1) is 9.56. The van der Waals surface area contributed by atoms with Crippen LogP contribution in [-0.4, -0.2) is 14.2 Å². The number of aryl methyl sites for hydroxylation is 1. The highest BCUT2D eigenvalue weighted by atomic mass is 79.9. The molecule has 0 spiro atoms. The van der Waals surface area contributed by atoms with Crippen LogP contribution in [0.2, 0.25) is 5.02 Å². The van der Waals surface area contributed by atoms with E-state index in [-0.39, 0.29) is 6.04 Å². The standard InChI is InChI=1S/C16H17BrClNO/c1-10-4-6-14(17)12(8-10)16(19-2)13-9-11(18)5-7-15(13)20-3/h4-9,16,19H,1-3H3. The van der Waals surface area contributed by atoms with Gasteiger partial charge < -0.3 is 10.1 Å². The van der Waals surface area contributed by atoms with E-state index in [2.05, 4.69) is 46.4 Å². The highest BCUT2D eigenvalue weighted by Gasteiger charge is 2.19. The Hall–Kier alpha value is -1.03. The van der Waals surface area contributed by atoms with Crippen LogP contribution in [0, 0.1) is 6.92 Å². The zero-order valence-corrected chi connectivity index (χ0v) is 14.0. The Labute approximate surface area is 133 Å². The van der Waals surface area contributed by atoms with Gasteiger partial charge in [0, 0.05) is 15.1 Å². The number of rotatable bonds is 4. The molecule has 2 aromatic rings. The second-order valence-electron chi connectivity index (χ2n) is 4.63. The molecule has 106 valence electrons. The van der Waals surface area contributed by atoms with Crippen LogP contribution in [0.5, 0.6) is 5.75 Å². The van der Waals surface area contributed by atoms with E-state index in [9.17, 15) is 0 Å². The van der Waals surface area contributed by atoms with Crippen molar-refractivity contribution in [1.82, 2.24) is 5.32 Å². The van der Waals surface area contributed by atoms with Crippen molar-refractivity contribution in [3.63, 3.8) is 0 Å². The number of benzene rings is 2. The second-order valence-corrected chi connectivity index (χ2v) is 5.92. The van der Waals surface area contributed by atoms with Crippen LogP contribution in [-0.2, 0) is 0 Å². The van der Waals surface area contributed by atoms with Crippen LogP contribution in [0.15, 0.2) is 40.9 Å². The number of hydrogen-bond acceptors (Lipinski definition) is 2. The SMILES string of the molecule is CNC(c1cc(C)ccc1Br)c1cc(Cl)ccc1OC. The van der Waals surface area contributed by atoms with E-state index in [0.717, 1.165) is 21.3 Å². The lowest BCUT2D eigenvalue weighted by Crippen LogP contribution is -2.19. The Kier molecular flexibility index (Phi) is 5.08. The van der Waals surface area contributed by atoms with Crippen LogP contribution in [0.25, 0.3) is 0 Å². The molecule has 0 aliphatic heterocycles. The average molecular weight is 355 g/mol. The maximum atomic E-state index is 6.14. The zero-order chi connectivity index (χ0) is 14.7. The first kappa shape index (κ1) is 15.4. The fourth-order valence-corrected chi connectivity index (χ4v) is 2.95. The highest BCUT2D eigenvalue weighted by Crippen LogP contribution is 2.35. The van der Waals surface area contributed by atoms with Gasteiger partial charge >= 0.3 is 0 Å². The van der Waals surface area contributed by atoms with Gasteiger partial charge in [0.2, 0.25) is 0 Å². The van der Waals surface area contributed by atoms with Gasteiger partial charge in [0.1, 0.15) is 5.75 Å². The smallest absolute Gasteiger partial charge is 0.124 e. The van der Waals surface area contributed by atoms with E-state index in [1.807, 2.05) is 25.2 Å². The molecule has 0 heterocycles. The highest BCUT2D eigenvalue weighted by molar-refractivity contribution is 9.10. The molecule has 0 aromatic heterocycles. The number of halogens is 2. The maximum absolute atomic E-state index is 6.14. The molecule has 0 bridgehead atoms. The van der Waals surface area contributed by atoms with E-state index in [1.54, 1.807) is 7.11 Å². The summed E-state index contributed by atoms with van der Waals surface area (Å²) in [6.07, 6.45) is 0. The summed E-state index contributed by atoms with van der Waals surface area (Å²) in [6, 6.07) is 12.0. The first-order valence-corrected chi connectivity index (χ1v) is 7.50. The monoisotopic (exact) mass is 353 g/mol. The van der Waals surface area contributed by atoms with Gasteiger partial charge in [-0.2, -0.15) is 0 Å². The molecule has 0 radical (unpaired) electrons. The van der Waals surface area contributed by atoms with Gasteiger partial charge in [-0.05, 0) is 43.8 Å². The third-order valence-electron chi connectivity index (χ3n) is 3.25. The molecule has 0 saturated carbocycles. The molecule has 0 aliphatic rings. The van der Waals surface area contributed by atoms with Gasteiger partial charge in [0.05, 0.1) is 13.2 Å². The fraction of sp³-hybridized carbons (Fsp3) is 0.250. The van der Waals surface area contributed by atoms with Gasteiger partial charge in [0.25, 0.3) is 0 Å². The Morgan fingerprint density at radius 2 is 1.90 bits per heavy atom. The van der Waals surface area contributed by atoms with Crippen molar-refractivity contribution in [2.24, 2.45) is 0 Å². The largest absolute Gasteiger partial charge is 0.496 e. The summed E-state index contributed by atoms with van der Waals surface area (Å²) in [6.45, 7) is 2.08. The van der Waals surface area contributed by atoms with Gasteiger partial charge in [0.15, 0.2) is 0 Å². The van der Waals surface area contributed by atoms with Gasteiger partial charge in [-0.15, -0.1) is 0 Å². The molecule has 2 rings (SSSR count). The van der Waals surface area contributed by atoms with E-state index in [4.69, 9.17) is 16.3 Å². The quantitative estimate of drug-likeness (QED) is 0.857. The van der Waals surface area contributed by atoms with Crippen molar-refractivity contribution in [1.29, 1.82) is 0 Å². The summed E-state index contributed by atoms with van der Waals surface area (Å²) in [5.74, 6) is 0.821. The van der Waals surface area contributed by atoms with Crippen molar-refractivity contribution in [3.8, 4) is 5.75 Å². The number of ether oxygens (including phenoxy) is 1. The lowest BCUT2D eigenvalue weighted by atomic mass is 9.96. The Bertz CT molecular complexity index is 615. The van der Waals surface area contributed by atoms with E-state index < -0.39 is 0 Å². The zero-order valence-electron chi connectivity index (χ0n) is 11.7. The molecule has 1 N–H and O–H groups in total. The normalized spacial score (nSPS) is 12.2. The van der Waals surface area contributed by atoms with Crippen LogP contribution in [0.3, 0.4) is 0 Å². The molecule has 0 amide bonds. The second kappa shape index (κ2) is 6.61. The lowest BCUT2D eigenvalue weighted by Gasteiger charge is -2.21. The van der Waals surface area contributed by atoms with E-state index >= 15 is 0 Å². The summed E-state index contributed by atoms with van der Waals surface area (Å²) < 4.78 is 6.52. The molecular weight excluding hydrogens is 338 g/mol. The molecule has 2 aromatic carbocycles. The summed E-state index contributed by atoms with van der Waals surface area (Å²) in [7, 11) is 3.60. The fourth-order valence-electron chi connectivity index (χ4n) is 2.29. The predicted molar refractivity (Wildman–Crippen MR) is 87.8 cm³/mol. The Balaban J connectivity index is 2.57. The van der Waals surface area contributed by atoms with Crippen LogP contribution in [0.1, 0.15) is 22.7 Å². The molecule has 0 saturated heterocycles. The molecule has 0 aliphatic carbocycles. The van der Waals surface area contributed by atoms with Crippen molar-refractivity contribution in [2.75, 3.05) is 14.2 Å². The van der Waals surface area contributed by atoms with Gasteiger partial charge in [-0.25, -0.2) is 0 Å². The molecule has 2 nitrogen and oxygen atoms in total. The van der Waals surface area contributed by atoms with Crippen molar-refractivity contribution < 1.29 is 4.74 Å². The van der Waals surface area contributed by atoms with Crippen LogP contribution < -0.4 is 10.1 Å². The minimum absolute atomic E-state index is 0.0120.